The SMILES string of the molecule is CNCC1(c2ccc(OC)c(C(C)C)c2)CCC1. The van der Waals surface area contributed by atoms with E-state index >= 15 is 0 Å². The fourth-order valence-corrected chi connectivity index (χ4v) is 3.02. The van der Waals surface area contributed by atoms with Crippen molar-refractivity contribution in [3.05, 3.63) is 29.3 Å². The second-order valence-corrected chi connectivity index (χ2v) is 5.78. The standard InChI is InChI=1S/C16H25NO/c1-12(2)14-10-13(6-7-15(14)18-4)16(11-17-3)8-5-9-16/h6-7,10,12,17H,5,8-9,11H2,1-4H3. The van der Waals surface area contributed by atoms with E-state index in [1.807, 2.05) is 7.05 Å². The summed E-state index contributed by atoms with van der Waals surface area (Å²) in [6.45, 7) is 5.54. The van der Waals surface area contributed by atoms with Crippen LogP contribution < -0.4 is 10.1 Å². The normalized spacial score (nSPS) is 17.6. The Bertz CT molecular complexity index is 408. The average molecular weight is 247 g/mol. The van der Waals surface area contributed by atoms with Crippen LogP contribution in [0.2, 0.25) is 0 Å². The first-order chi connectivity index (χ1) is 8.63. The number of likely N-dealkylation sites (N-methyl/N-ethyl adjacent to an activating group) is 1. The number of hydrogen-bond acceptors (Lipinski definition) is 2. The molecule has 0 saturated heterocycles. The predicted octanol–water partition coefficient (Wildman–Crippen LogP) is 3.46. The van der Waals surface area contributed by atoms with Gasteiger partial charge >= 0.3 is 0 Å². The van der Waals surface area contributed by atoms with Gasteiger partial charge < -0.3 is 10.1 Å². The molecule has 2 rings (SSSR count). The second kappa shape index (κ2) is 5.31. The fourth-order valence-electron chi connectivity index (χ4n) is 3.02. The highest BCUT2D eigenvalue weighted by molar-refractivity contribution is 5.43. The Morgan fingerprint density at radius 3 is 2.50 bits per heavy atom. The molecule has 0 radical (unpaired) electrons. The van der Waals surface area contributed by atoms with Crippen LogP contribution in [0.4, 0.5) is 0 Å². The van der Waals surface area contributed by atoms with E-state index in [4.69, 9.17) is 4.74 Å². The zero-order chi connectivity index (χ0) is 13.2. The Kier molecular flexibility index (Phi) is 3.96. The van der Waals surface area contributed by atoms with Gasteiger partial charge in [-0.1, -0.05) is 32.4 Å². The molecule has 0 aromatic heterocycles. The van der Waals surface area contributed by atoms with Crippen molar-refractivity contribution in [2.75, 3.05) is 20.7 Å². The van der Waals surface area contributed by atoms with Gasteiger partial charge in [0.1, 0.15) is 5.75 Å². The molecule has 1 aliphatic carbocycles. The van der Waals surface area contributed by atoms with E-state index in [1.165, 1.54) is 30.4 Å². The van der Waals surface area contributed by atoms with Gasteiger partial charge in [0.2, 0.25) is 0 Å². The van der Waals surface area contributed by atoms with E-state index in [1.54, 1.807) is 7.11 Å². The van der Waals surface area contributed by atoms with Gasteiger partial charge in [0, 0.05) is 12.0 Å². The molecule has 1 aromatic rings. The molecule has 0 bridgehead atoms. The molecule has 0 heterocycles. The Labute approximate surface area is 111 Å². The lowest BCUT2D eigenvalue weighted by atomic mass is 9.64. The molecule has 1 fully saturated rings. The first kappa shape index (κ1) is 13.4. The number of rotatable bonds is 5. The first-order valence-corrected chi connectivity index (χ1v) is 6.96. The minimum absolute atomic E-state index is 0.366. The predicted molar refractivity (Wildman–Crippen MR) is 76.5 cm³/mol. The zero-order valence-electron chi connectivity index (χ0n) is 12.0. The van der Waals surface area contributed by atoms with Crippen LogP contribution in [0.1, 0.15) is 50.2 Å². The number of nitrogens with one attached hydrogen (secondary N) is 1. The van der Waals surface area contributed by atoms with Crippen LogP contribution in [0.3, 0.4) is 0 Å². The van der Waals surface area contributed by atoms with E-state index in [9.17, 15) is 0 Å². The van der Waals surface area contributed by atoms with E-state index in [0.29, 0.717) is 11.3 Å². The van der Waals surface area contributed by atoms with Gasteiger partial charge in [-0.15, -0.1) is 0 Å². The quantitative estimate of drug-likeness (QED) is 0.860. The maximum atomic E-state index is 5.47. The molecular weight excluding hydrogens is 222 g/mol. The van der Waals surface area contributed by atoms with Crippen LogP contribution in [0.5, 0.6) is 5.75 Å². The number of hydrogen-bond donors (Lipinski definition) is 1. The summed E-state index contributed by atoms with van der Waals surface area (Å²) in [4.78, 5) is 0. The summed E-state index contributed by atoms with van der Waals surface area (Å²) in [5, 5.41) is 3.35. The van der Waals surface area contributed by atoms with Crippen LogP contribution in [0, 0.1) is 0 Å². The summed E-state index contributed by atoms with van der Waals surface area (Å²) in [5.41, 5.74) is 3.18. The highest BCUT2D eigenvalue weighted by atomic mass is 16.5. The van der Waals surface area contributed by atoms with Gasteiger partial charge in [0.15, 0.2) is 0 Å². The molecule has 1 N–H and O–H groups in total. The smallest absolute Gasteiger partial charge is 0.122 e. The minimum atomic E-state index is 0.366. The monoisotopic (exact) mass is 247 g/mol. The van der Waals surface area contributed by atoms with Gasteiger partial charge in [-0.2, -0.15) is 0 Å². The van der Waals surface area contributed by atoms with E-state index in [0.717, 1.165) is 12.3 Å². The zero-order valence-corrected chi connectivity index (χ0v) is 12.0. The molecule has 1 saturated carbocycles. The summed E-state index contributed by atoms with van der Waals surface area (Å²) < 4.78 is 5.47. The van der Waals surface area contributed by atoms with Crippen molar-refractivity contribution >= 4 is 0 Å². The van der Waals surface area contributed by atoms with Crippen LogP contribution in [0.25, 0.3) is 0 Å². The topological polar surface area (TPSA) is 21.3 Å². The molecule has 0 spiro atoms. The largest absolute Gasteiger partial charge is 0.496 e. The molecule has 0 aliphatic heterocycles. The maximum absolute atomic E-state index is 5.47. The fraction of sp³-hybridized carbons (Fsp3) is 0.625. The Hall–Kier alpha value is -1.02. The lowest BCUT2D eigenvalue weighted by Gasteiger charge is -2.43. The molecule has 0 atom stereocenters. The molecule has 0 amide bonds. The van der Waals surface area contributed by atoms with Gasteiger partial charge in [-0.05, 0) is 43.0 Å². The summed E-state index contributed by atoms with van der Waals surface area (Å²) >= 11 is 0. The van der Waals surface area contributed by atoms with Crippen LogP contribution in [0.15, 0.2) is 18.2 Å². The van der Waals surface area contributed by atoms with E-state index in [2.05, 4.69) is 37.4 Å². The summed E-state index contributed by atoms with van der Waals surface area (Å²) in [6, 6.07) is 6.75. The number of methoxy groups -OCH3 is 1. The highest BCUT2D eigenvalue weighted by Gasteiger charge is 2.38. The van der Waals surface area contributed by atoms with E-state index < -0.39 is 0 Å². The van der Waals surface area contributed by atoms with Gasteiger partial charge in [-0.3, -0.25) is 0 Å². The third-order valence-corrected chi connectivity index (χ3v) is 4.29. The Morgan fingerprint density at radius 1 is 1.33 bits per heavy atom. The summed E-state index contributed by atoms with van der Waals surface area (Å²) in [6.07, 6.45) is 3.96. The molecule has 1 aromatic carbocycles. The Balaban J connectivity index is 2.36. The molecule has 1 aliphatic rings. The van der Waals surface area contributed by atoms with Gasteiger partial charge in [-0.25, -0.2) is 0 Å². The Morgan fingerprint density at radius 2 is 2.06 bits per heavy atom. The van der Waals surface area contributed by atoms with Crippen molar-refractivity contribution < 1.29 is 4.74 Å². The average Bonchev–Trinajstić information content (AvgIpc) is 2.33. The maximum Gasteiger partial charge on any atom is 0.122 e. The van der Waals surface area contributed by atoms with Crippen LogP contribution in [-0.4, -0.2) is 20.7 Å². The summed E-state index contributed by atoms with van der Waals surface area (Å²) in [5.74, 6) is 1.53. The van der Waals surface area contributed by atoms with Crippen molar-refractivity contribution in [1.29, 1.82) is 0 Å². The third kappa shape index (κ3) is 2.26. The van der Waals surface area contributed by atoms with E-state index in [-0.39, 0.29) is 0 Å². The number of benzene rings is 1. The van der Waals surface area contributed by atoms with Crippen molar-refractivity contribution in [3.8, 4) is 5.75 Å². The molecule has 100 valence electrons. The molecular formula is C16H25NO. The molecule has 0 unspecified atom stereocenters. The molecule has 2 heteroatoms. The second-order valence-electron chi connectivity index (χ2n) is 5.78. The van der Waals surface area contributed by atoms with Crippen molar-refractivity contribution in [3.63, 3.8) is 0 Å². The van der Waals surface area contributed by atoms with Crippen LogP contribution >= 0.6 is 0 Å². The number of ether oxygens (including phenoxy) is 1. The molecule has 2 nitrogen and oxygen atoms in total. The van der Waals surface area contributed by atoms with Crippen molar-refractivity contribution in [1.82, 2.24) is 5.32 Å². The highest BCUT2D eigenvalue weighted by Crippen LogP contribution is 2.44. The van der Waals surface area contributed by atoms with Gasteiger partial charge in [0.25, 0.3) is 0 Å². The lowest BCUT2D eigenvalue weighted by molar-refractivity contribution is 0.238. The molecule has 18 heavy (non-hydrogen) atoms. The first-order valence-electron chi connectivity index (χ1n) is 6.96. The third-order valence-electron chi connectivity index (χ3n) is 4.29. The van der Waals surface area contributed by atoms with Crippen molar-refractivity contribution in [2.24, 2.45) is 0 Å². The summed E-state index contributed by atoms with van der Waals surface area (Å²) in [7, 11) is 3.81. The minimum Gasteiger partial charge on any atom is -0.496 e. The van der Waals surface area contributed by atoms with Gasteiger partial charge in [0.05, 0.1) is 7.11 Å². The lowest BCUT2D eigenvalue weighted by Crippen LogP contribution is -2.42. The van der Waals surface area contributed by atoms with Crippen LogP contribution in [-0.2, 0) is 5.41 Å². The van der Waals surface area contributed by atoms with Crippen molar-refractivity contribution in [2.45, 2.75) is 44.4 Å².